The molecule has 0 aromatic heterocycles. The number of phosphoric acid groups is 1. The van der Waals surface area contributed by atoms with Crippen LogP contribution in [0.2, 0.25) is 0 Å². The average Bonchev–Trinajstić information content (AvgIpc) is 3.28. The fraction of sp³-hybridized carbons (Fsp3) is 0.982. The number of quaternary nitrogens is 1. The first-order valence-electron chi connectivity index (χ1n) is 29.4. The maximum Gasteiger partial charge on any atom is 0.268 e. The van der Waals surface area contributed by atoms with E-state index in [0.717, 1.165) is 38.5 Å². The van der Waals surface area contributed by atoms with Crippen LogP contribution in [-0.2, 0) is 18.4 Å². The molecule has 0 aliphatic rings. The van der Waals surface area contributed by atoms with Crippen molar-refractivity contribution in [1.29, 1.82) is 0 Å². The fourth-order valence-corrected chi connectivity index (χ4v) is 9.94. The number of aliphatic hydroxyl groups is 1. The molecule has 66 heavy (non-hydrogen) atoms. The van der Waals surface area contributed by atoms with Gasteiger partial charge in [0, 0.05) is 6.42 Å². The van der Waals surface area contributed by atoms with Crippen molar-refractivity contribution in [3.05, 3.63) is 0 Å². The quantitative estimate of drug-likeness (QED) is 0.0357. The highest BCUT2D eigenvalue weighted by molar-refractivity contribution is 7.45. The molecule has 0 saturated carbocycles. The Kier molecular flexibility index (Phi) is 49.1. The number of carbonyl (C=O) groups excluding carboxylic acids is 1. The van der Waals surface area contributed by atoms with Crippen molar-refractivity contribution in [2.45, 2.75) is 321 Å². The summed E-state index contributed by atoms with van der Waals surface area (Å²) in [6, 6.07) is -0.793. The number of phosphoric ester groups is 1. The summed E-state index contributed by atoms with van der Waals surface area (Å²) < 4.78 is 23.3. The SMILES string of the molecule is CCCCCCCCCCCCCCCCCCCCCCCCCCCCCCCCCCCCCC(=O)NC(COP(=O)([O-])OCC[N+](C)(C)C)C(O)CCCCCCCCCCC. The third kappa shape index (κ3) is 51.4. The van der Waals surface area contributed by atoms with E-state index in [9.17, 15) is 19.4 Å². The van der Waals surface area contributed by atoms with Gasteiger partial charge in [-0.2, -0.15) is 0 Å². The molecule has 1 amide bonds. The normalized spacial score (nSPS) is 13.9. The van der Waals surface area contributed by atoms with E-state index in [-0.39, 0.29) is 19.1 Å². The largest absolute Gasteiger partial charge is 0.756 e. The maximum absolute atomic E-state index is 12.9. The van der Waals surface area contributed by atoms with Crippen LogP contribution in [0.25, 0.3) is 0 Å². The number of hydrogen-bond donors (Lipinski definition) is 2. The lowest BCUT2D eigenvalue weighted by atomic mass is 10.0. The van der Waals surface area contributed by atoms with E-state index in [2.05, 4.69) is 19.2 Å². The van der Waals surface area contributed by atoms with E-state index < -0.39 is 20.0 Å². The van der Waals surface area contributed by atoms with Gasteiger partial charge >= 0.3 is 0 Å². The van der Waals surface area contributed by atoms with Gasteiger partial charge in [0.15, 0.2) is 0 Å². The van der Waals surface area contributed by atoms with Crippen LogP contribution in [0.3, 0.4) is 0 Å². The van der Waals surface area contributed by atoms with Crippen molar-refractivity contribution in [2.75, 3.05) is 40.9 Å². The summed E-state index contributed by atoms with van der Waals surface area (Å²) in [5.41, 5.74) is 0. The van der Waals surface area contributed by atoms with Gasteiger partial charge in [-0.15, -0.1) is 0 Å². The van der Waals surface area contributed by atoms with Crippen LogP contribution in [0.1, 0.15) is 309 Å². The molecule has 3 atom stereocenters. The summed E-state index contributed by atoms with van der Waals surface area (Å²) in [5, 5.41) is 13.9. The number of unbranched alkanes of at least 4 members (excludes halogenated alkanes) is 42. The molecule has 3 unspecified atom stereocenters. The van der Waals surface area contributed by atoms with Gasteiger partial charge in [0.2, 0.25) is 5.91 Å². The Bertz CT molecular complexity index is 1040. The smallest absolute Gasteiger partial charge is 0.268 e. The van der Waals surface area contributed by atoms with E-state index in [1.165, 1.54) is 244 Å². The van der Waals surface area contributed by atoms with Crippen molar-refractivity contribution < 1.29 is 32.9 Å². The van der Waals surface area contributed by atoms with E-state index >= 15 is 0 Å². The number of amides is 1. The van der Waals surface area contributed by atoms with Gasteiger partial charge in [0.1, 0.15) is 13.2 Å². The summed E-state index contributed by atoms with van der Waals surface area (Å²) >= 11 is 0. The highest BCUT2D eigenvalue weighted by Gasteiger charge is 2.24. The van der Waals surface area contributed by atoms with Crippen molar-refractivity contribution in [2.24, 2.45) is 0 Å². The molecule has 9 heteroatoms. The minimum Gasteiger partial charge on any atom is -0.756 e. The van der Waals surface area contributed by atoms with Crippen molar-refractivity contribution >= 4 is 13.7 Å². The van der Waals surface area contributed by atoms with E-state index in [0.29, 0.717) is 23.9 Å². The maximum atomic E-state index is 12.9. The second-order valence-electron chi connectivity index (χ2n) is 21.7. The first-order valence-corrected chi connectivity index (χ1v) is 30.8. The lowest BCUT2D eigenvalue weighted by Gasteiger charge is -2.30. The van der Waals surface area contributed by atoms with Crippen LogP contribution in [0, 0.1) is 0 Å². The zero-order chi connectivity index (χ0) is 48.5. The third-order valence-electron chi connectivity index (χ3n) is 13.8. The summed E-state index contributed by atoms with van der Waals surface area (Å²) in [5.74, 6) is -0.160. The van der Waals surface area contributed by atoms with E-state index in [1.807, 2.05) is 21.1 Å². The standard InChI is InChI=1S/C57H117N2O6P/c1-6-8-10-12-14-16-17-18-19-20-21-22-23-24-25-26-27-28-29-30-31-32-33-34-35-36-37-38-39-40-41-43-45-47-49-51-57(61)58-55(54-65-66(62,63)64-53-52-59(3,4)5)56(60)50-48-46-44-42-15-13-11-9-7-2/h55-56,60H,6-54H2,1-5H3,(H-,58,61,62,63). The predicted octanol–water partition coefficient (Wildman–Crippen LogP) is 17.0. The predicted molar refractivity (Wildman–Crippen MR) is 284 cm³/mol. The Morgan fingerprint density at radius 2 is 0.742 bits per heavy atom. The summed E-state index contributed by atoms with van der Waals surface area (Å²) in [7, 11) is 1.32. The van der Waals surface area contributed by atoms with Crippen molar-refractivity contribution in [3.8, 4) is 0 Å². The minimum absolute atomic E-state index is 0.0159. The lowest BCUT2D eigenvalue weighted by Crippen LogP contribution is -2.46. The Hall–Kier alpha value is -0.500. The second kappa shape index (κ2) is 49.5. The first-order chi connectivity index (χ1) is 32.0. The van der Waals surface area contributed by atoms with Crippen LogP contribution in [0.15, 0.2) is 0 Å². The Morgan fingerprint density at radius 1 is 0.470 bits per heavy atom. The number of likely N-dealkylation sites (N-methyl/N-ethyl adjacent to an activating group) is 1. The lowest BCUT2D eigenvalue weighted by molar-refractivity contribution is -0.870. The fourth-order valence-electron chi connectivity index (χ4n) is 9.22. The molecule has 0 aromatic carbocycles. The van der Waals surface area contributed by atoms with Gasteiger partial charge in [0.25, 0.3) is 7.82 Å². The van der Waals surface area contributed by atoms with Gasteiger partial charge in [-0.3, -0.25) is 9.36 Å². The molecule has 0 saturated heterocycles. The van der Waals surface area contributed by atoms with Crippen LogP contribution in [0.5, 0.6) is 0 Å². The van der Waals surface area contributed by atoms with Crippen LogP contribution < -0.4 is 10.2 Å². The third-order valence-corrected chi connectivity index (χ3v) is 14.8. The summed E-state index contributed by atoms with van der Waals surface area (Å²) in [6.45, 7) is 4.73. The number of hydrogen-bond acceptors (Lipinski definition) is 6. The van der Waals surface area contributed by atoms with Gasteiger partial charge in [0.05, 0.1) is 39.9 Å². The van der Waals surface area contributed by atoms with Crippen molar-refractivity contribution in [1.82, 2.24) is 5.32 Å². The van der Waals surface area contributed by atoms with Crippen LogP contribution in [0.4, 0.5) is 0 Å². The van der Waals surface area contributed by atoms with Crippen LogP contribution in [-0.4, -0.2) is 68.5 Å². The molecule has 0 aromatic rings. The summed E-state index contributed by atoms with van der Waals surface area (Å²) in [4.78, 5) is 25.4. The Labute approximate surface area is 412 Å². The number of carbonyl (C=O) groups is 1. The minimum atomic E-state index is -4.56. The van der Waals surface area contributed by atoms with Gasteiger partial charge < -0.3 is 28.8 Å². The molecule has 2 N–H and O–H groups in total. The molecule has 396 valence electrons. The molecule has 0 bridgehead atoms. The van der Waals surface area contributed by atoms with Crippen molar-refractivity contribution in [3.63, 3.8) is 0 Å². The molecule has 0 aliphatic carbocycles. The highest BCUT2D eigenvalue weighted by Crippen LogP contribution is 2.38. The Balaban J connectivity index is 3.79. The molecule has 0 spiro atoms. The number of aliphatic hydroxyl groups excluding tert-OH is 1. The molecule has 0 heterocycles. The molecule has 0 aliphatic heterocycles. The highest BCUT2D eigenvalue weighted by atomic mass is 31.2. The topological polar surface area (TPSA) is 108 Å². The zero-order valence-corrected chi connectivity index (χ0v) is 46.1. The van der Waals surface area contributed by atoms with E-state index in [4.69, 9.17) is 9.05 Å². The molecule has 0 fully saturated rings. The number of nitrogens with zero attached hydrogens (tertiary/aromatic N) is 1. The first kappa shape index (κ1) is 65.5. The van der Waals surface area contributed by atoms with Gasteiger partial charge in [-0.1, -0.05) is 290 Å². The molecule has 8 nitrogen and oxygen atoms in total. The molecule has 0 radical (unpaired) electrons. The number of nitrogens with one attached hydrogen (secondary N) is 1. The summed E-state index contributed by atoms with van der Waals surface area (Å²) in [6.07, 6.45) is 59.0. The van der Waals surface area contributed by atoms with Gasteiger partial charge in [-0.05, 0) is 12.8 Å². The second-order valence-corrected chi connectivity index (χ2v) is 23.1. The molecular formula is C57H117N2O6P. The average molecular weight is 958 g/mol. The Morgan fingerprint density at radius 3 is 1.03 bits per heavy atom. The number of rotatable bonds is 55. The van der Waals surface area contributed by atoms with E-state index in [1.54, 1.807) is 0 Å². The van der Waals surface area contributed by atoms with Crippen LogP contribution >= 0.6 is 7.82 Å². The molecule has 0 rings (SSSR count). The zero-order valence-electron chi connectivity index (χ0n) is 45.2. The monoisotopic (exact) mass is 957 g/mol. The molecular weight excluding hydrogens is 840 g/mol. The van der Waals surface area contributed by atoms with Gasteiger partial charge in [-0.25, -0.2) is 0 Å².